The number of allylic oxidation sites excluding steroid dienone is 1. The molecule has 1 N–H and O–H groups in total. The van der Waals surface area contributed by atoms with Crippen molar-refractivity contribution in [3.05, 3.63) is 39.9 Å². The first kappa shape index (κ1) is 12.2. The molecule has 1 nitrogen and oxygen atoms in total. The van der Waals surface area contributed by atoms with E-state index in [9.17, 15) is 8.78 Å². The number of hydrogen-bond donors (Lipinski definition) is 1. The van der Waals surface area contributed by atoms with E-state index in [0.29, 0.717) is 12.2 Å². The molecular formula is C11H12BrF2N. The summed E-state index contributed by atoms with van der Waals surface area (Å²) >= 11 is 3.00. The molecular weight excluding hydrogens is 264 g/mol. The highest BCUT2D eigenvalue weighted by Gasteiger charge is 2.06. The van der Waals surface area contributed by atoms with Crippen LogP contribution in [0.25, 0.3) is 0 Å². The van der Waals surface area contributed by atoms with Crippen molar-refractivity contribution in [3.63, 3.8) is 0 Å². The van der Waals surface area contributed by atoms with Gasteiger partial charge in [-0.15, -0.1) is 0 Å². The monoisotopic (exact) mass is 275 g/mol. The van der Waals surface area contributed by atoms with Crippen LogP contribution in [-0.2, 0) is 0 Å². The molecule has 0 aliphatic carbocycles. The molecule has 0 bridgehead atoms. The summed E-state index contributed by atoms with van der Waals surface area (Å²) in [5, 5.41) is 2.86. The van der Waals surface area contributed by atoms with E-state index in [1.165, 1.54) is 6.07 Å². The van der Waals surface area contributed by atoms with Crippen LogP contribution in [0.15, 0.2) is 28.3 Å². The first-order chi connectivity index (χ1) is 7.00. The molecule has 4 heteroatoms. The lowest BCUT2D eigenvalue weighted by Gasteiger charge is -2.06. The predicted octanol–water partition coefficient (Wildman–Crippen LogP) is 4.11. The van der Waals surface area contributed by atoms with Crippen molar-refractivity contribution in [2.45, 2.75) is 13.8 Å². The Morgan fingerprint density at radius 3 is 2.60 bits per heavy atom. The molecule has 0 spiro atoms. The van der Waals surface area contributed by atoms with Gasteiger partial charge in [0.25, 0.3) is 0 Å². The Balaban J connectivity index is 2.77. The lowest BCUT2D eigenvalue weighted by atomic mass is 10.3. The van der Waals surface area contributed by atoms with Gasteiger partial charge in [0, 0.05) is 12.6 Å². The van der Waals surface area contributed by atoms with Crippen molar-refractivity contribution in [1.82, 2.24) is 0 Å². The Bertz CT molecular complexity index is 384. The number of hydrogen-bond acceptors (Lipinski definition) is 1. The number of anilines is 1. The summed E-state index contributed by atoms with van der Waals surface area (Å²) in [6.07, 6.45) is 1.93. The number of rotatable bonds is 3. The van der Waals surface area contributed by atoms with Crippen LogP contribution in [0.4, 0.5) is 14.5 Å². The van der Waals surface area contributed by atoms with E-state index in [1.807, 2.05) is 19.9 Å². The van der Waals surface area contributed by atoms with Gasteiger partial charge in [-0.2, -0.15) is 0 Å². The molecule has 0 aliphatic rings. The van der Waals surface area contributed by atoms with Gasteiger partial charge in [-0.3, -0.25) is 0 Å². The van der Waals surface area contributed by atoms with Crippen LogP contribution in [0.5, 0.6) is 0 Å². The fourth-order valence-corrected chi connectivity index (χ4v) is 1.37. The largest absolute Gasteiger partial charge is 0.379 e. The maximum Gasteiger partial charge on any atom is 0.149 e. The fourth-order valence-electron chi connectivity index (χ4n) is 1.02. The summed E-state index contributed by atoms with van der Waals surface area (Å²) < 4.78 is 26.3. The topological polar surface area (TPSA) is 12.0 Å². The van der Waals surface area contributed by atoms with Crippen LogP contribution >= 0.6 is 15.9 Å². The van der Waals surface area contributed by atoms with Crippen molar-refractivity contribution in [1.29, 1.82) is 0 Å². The minimum Gasteiger partial charge on any atom is -0.379 e. The lowest BCUT2D eigenvalue weighted by Crippen LogP contribution is -2.01. The number of halogens is 3. The summed E-state index contributed by atoms with van der Waals surface area (Å²) in [5.41, 5.74) is 1.44. The van der Waals surface area contributed by atoms with Gasteiger partial charge in [-0.05, 0) is 35.8 Å². The quantitative estimate of drug-likeness (QED) is 0.647. The smallest absolute Gasteiger partial charge is 0.149 e. The average Bonchev–Trinajstić information content (AvgIpc) is 2.13. The maximum atomic E-state index is 13.2. The Labute approximate surface area is 96.3 Å². The molecule has 1 aromatic carbocycles. The van der Waals surface area contributed by atoms with Crippen molar-refractivity contribution in [3.8, 4) is 0 Å². The molecule has 0 atom stereocenters. The van der Waals surface area contributed by atoms with Crippen molar-refractivity contribution in [2.75, 3.05) is 11.9 Å². The number of nitrogens with one attached hydrogen (secondary N) is 1. The Kier molecular flexibility index (Phi) is 4.27. The Morgan fingerprint density at radius 1 is 1.33 bits per heavy atom. The molecule has 15 heavy (non-hydrogen) atoms. The minimum atomic E-state index is -0.597. The summed E-state index contributed by atoms with van der Waals surface area (Å²) in [6, 6.07) is 2.25. The highest BCUT2D eigenvalue weighted by molar-refractivity contribution is 9.10. The molecule has 0 aromatic heterocycles. The second-order valence-electron chi connectivity index (χ2n) is 3.41. The molecule has 1 aromatic rings. The first-order valence-electron chi connectivity index (χ1n) is 4.52. The molecule has 0 aliphatic heterocycles. The van der Waals surface area contributed by atoms with E-state index in [1.54, 1.807) is 0 Å². The first-order valence-corrected chi connectivity index (χ1v) is 5.32. The Morgan fingerprint density at radius 2 is 2.00 bits per heavy atom. The van der Waals surface area contributed by atoms with Crippen molar-refractivity contribution < 1.29 is 8.78 Å². The van der Waals surface area contributed by atoms with Crippen LogP contribution in [0.2, 0.25) is 0 Å². The second kappa shape index (κ2) is 5.26. The molecule has 0 fully saturated rings. The second-order valence-corrected chi connectivity index (χ2v) is 4.26. The summed E-state index contributed by atoms with van der Waals surface area (Å²) in [7, 11) is 0. The summed E-state index contributed by atoms with van der Waals surface area (Å²) in [6.45, 7) is 4.44. The maximum absolute atomic E-state index is 13.2. The molecule has 0 heterocycles. The van der Waals surface area contributed by atoms with Crippen LogP contribution in [0.3, 0.4) is 0 Å². The fraction of sp³-hybridized carbons (Fsp3) is 0.273. The van der Waals surface area contributed by atoms with Crippen LogP contribution in [-0.4, -0.2) is 6.54 Å². The van der Waals surface area contributed by atoms with E-state index < -0.39 is 11.6 Å². The van der Waals surface area contributed by atoms with Crippen LogP contribution in [0, 0.1) is 11.6 Å². The van der Waals surface area contributed by atoms with E-state index in [-0.39, 0.29) is 4.47 Å². The third-order valence-electron chi connectivity index (χ3n) is 1.81. The molecule has 1 rings (SSSR count). The molecule has 0 unspecified atom stereocenters. The zero-order valence-corrected chi connectivity index (χ0v) is 10.2. The van der Waals surface area contributed by atoms with Crippen molar-refractivity contribution in [2.24, 2.45) is 0 Å². The highest BCUT2D eigenvalue weighted by Crippen LogP contribution is 2.23. The van der Waals surface area contributed by atoms with Gasteiger partial charge in [-0.1, -0.05) is 11.6 Å². The third-order valence-corrected chi connectivity index (χ3v) is 2.42. The summed E-state index contributed by atoms with van der Waals surface area (Å²) in [4.78, 5) is 0. The van der Waals surface area contributed by atoms with E-state index in [0.717, 1.165) is 11.6 Å². The van der Waals surface area contributed by atoms with Gasteiger partial charge in [0.1, 0.15) is 11.6 Å². The molecule has 0 saturated heterocycles. The zero-order valence-electron chi connectivity index (χ0n) is 8.57. The minimum absolute atomic E-state index is 0.253. The van der Waals surface area contributed by atoms with Crippen LogP contribution in [0.1, 0.15) is 13.8 Å². The third kappa shape index (κ3) is 3.63. The SMILES string of the molecule is CC(C)=CCNc1cc(Br)c(F)cc1F. The highest BCUT2D eigenvalue weighted by atomic mass is 79.9. The van der Waals surface area contributed by atoms with E-state index in [4.69, 9.17) is 0 Å². The van der Waals surface area contributed by atoms with E-state index in [2.05, 4.69) is 21.2 Å². The normalized spacial score (nSPS) is 9.93. The average molecular weight is 276 g/mol. The van der Waals surface area contributed by atoms with Crippen molar-refractivity contribution >= 4 is 21.6 Å². The van der Waals surface area contributed by atoms with Gasteiger partial charge in [-0.25, -0.2) is 8.78 Å². The summed E-state index contributed by atoms with van der Waals surface area (Å²) in [5.74, 6) is -1.18. The molecule has 82 valence electrons. The van der Waals surface area contributed by atoms with Gasteiger partial charge < -0.3 is 5.32 Å². The predicted molar refractivity (Wildman–Crippen MR) is 62.0 cm³/mol. The lowest BCUT2D eigenvalue weighted by molar-refractivity contribution is 0.581. The van der Waals surface area contributed by atoms with Gasteiger partial charge in [0.05, 0.1) is 10.2 Å². The Hall–Kier alpha value is -0.900. The van der Waals surface area contributed by atoms with Crippen LogP contribution < -0.4 is 5.32 Å². The van der Waals surface area contributed by atoms with Gasteiger partial charge in [0.2, 0.25) is 0 Å². The van der Waals surface area contributed by atoms with Gasteiger partial charge >= 0.3 is 0 Å². The number of benzene rings is 1. The standard InChI is InChI=1S/C11H12BrF2N/c1-7(2)3-4-15-11-5-8(12)9(13)6-10(11)14/h3,5-6,15H,4H2,1-2H3. The van der Waals surface area contributed by atoms with Gasteiger partial charge in [0.15, 0.2) is 0 Å². The molecule has 0 saturated carbocycles. The molecule has 0 radical (unpaired) electrons. The molecule has 0 amide bonds. The van der Waals surface area contributed by atoms with E-state index >= 15 is 0 Å². The zero-order chi connectivity index (χ0) is 11.4.